The lowest BCUT2D eigenvalue weighted by molar-refractivity contribution is -0.116. The summed E-state index contributed by atoms with van der Waals surface area (Å²) >= 11 is 5.66. The van der Waals surface area contributed by atoms with Gasteiger partial charge < -0.3 is 10.6 Å². The van der Waals surface area contributed by atoms with Crippen LogP contribution < -0.4 is 10.6 Å². The van der Waals surface area contributed by atoms with E-state index in [-0.39, 0.29) is 29.3 Å². The van der Waals surface area contributed by atoms with Crippen molar-refractivity contribution in [2.24, 2.45) is 0 Å². The van der Waals surface area contributed by atoms with E-state index < -0.39 is 5.82 Å². The molecule has 0 unspecified atom stereocenters. The molecule has 1 atom stereocenters. The molecule has 0 aliphatic heterocycles. The van der Waals surface area contributed by atoms with E-state index in [1.807, 2.05) is 6.07 Å². The Morgan fingerprint density at radius 2 is 1.87 bits per heavy atom. The average molecular weight is 335 g/mol. The minimum absolute atomic E-state index is 0.0618. The molecule has 2 rings (SSSR count). The fraction of sp³-hybridized carbons (Fsp3) is 0.176. The Balaban J connectivity index is 1.87. The highest BCUT2D eigenvalue weighted by molar-refractivity contribution is 6.31. The van der Waals surface area contributed by atoms with Crippen LogP contribution in [0.2, 0.25) is 5.02 Å². The summed E-state index contributed by atoms with van der Waals surface area (Å²) in [5, 5.41) is 5.30. The highest BCUT2D eigenvalue weighted by Gasteiger charge is 2.13. The number of rotatable bonds is 5. The van der Waals surface area contributed by atoms with E-state index in [9.17, 15) is 14.0 Å². The van der Waals surface area contributed by atoms with Crippen LogP contribution >= 0.6 is 11.6 Å². The van der Waals surface area contributed by atoms with Gasteiger partial charge >= 0.3 is 0 Å². The number of hydrogen-bond donors (Lipinski definition) is 2. The number of anilines is 1. The lowest BCUT2D eigenvalue weighted by Gasteiger charge is -2.14. The lowest BCUT2D eigenvalue weighted by atomic mass is 10.1. The maximum absolute atomic E-state index is 13.1. The summed E-state index contributed by atoms with van der Waals surface area (Å²) in [4.78, 5) is 23.9. The van der Waals surface area contributed by atoms with Gasteiger partial charge in [-0.15, -0.1) is 0 Å². The zero-order valence-corrected chi connectivity index (χ0v) is 13.2. The SMILES string of the molecule is C[C@@H](CC(=O)Nc1ccc(F)c(Cl)c1)NC(=O)c1ccccc1. The molecule has 0 radical (unpaired) electrons. The number of hydrogen-bond acceptors (Lipinski definition) is 2. The Morgan fingerprint density at radius 1 is 1.17 bits per heavy atom. The molecule has 23 heavy (non-hydrogen) atoms. The van der Waals surface area contributed by atoms with Crippen LogP contribution in [0.5, 0.6) is 0 Å². The first-order valence-electron chi connectivity index (χ1n) is 7.06. The van der Waals surface area contributed by atoms with Gasteiger partial charge in [0.2, 0.25) is 5.91 Å². The van der Waals surface area contributed by atoms with Crippen LogP contribution in [-0.2, 0) is 4.79 Å². The Morgan fingerprint density at radius 3 is 2.52 bits per heavy atom. The predicted octanol–water partition coefficient (Wildman–Crippen LogP) is 3.63. The zero-order valence-electron chi connectivity index (χ0n) is 12.5. The fourth-order valence-electron chi connectivity index (χ4n) is 2.01. The van der Waals surface area contributed by atoms with Crippen LogP contribution in [0.1, 0.15) is 23.7 Å². The van der Waals surface area contributed by atoms with Gasteiger partial charge in [0.25, 0.3) is 5.91 Å². The number of halogens is 2. The number of nitrogens with one attached hydrogen (secondary N) is 2. The molecular formula is C17H16ClFN2O2. The van der Waals surface area contributed by atoms with Gasteiger partial charge in [-0.05, 0) is 37.3 Å². The molecule has 0 fully saturated rings. The standard InChI is InChI=1S/C17H16ClFN2O2/c1-11(20-17(23)12-5-3-2-4-6-12)9-16(22)21-13-7-8-15(19)14(18)10-13/h2-8,10-11H,9H2,1H3,(H,20,23)(H,21,22)/t11-/m0/s1. The maximum Gasteiger partial charge on any atom is 0.251 e. The Bertz CT molecular complexity index is 707. The molecule has 2 aromatic carbocycles. The van der Waals surface area contributed by atoms with Gasteiger partial charge in [-0.3, -0.25) is 9.59 Å². The largest absolute Gasteiger partial charge is 0.349 e. The first kappa shape index (κ1) is 17.0. The Labute approximate surface area is 138 Å². The monoisotopic (exact) mass is 334 g/mol. The van der Waals surface area contributed by atoms with Gasteiger partial charge in [-0.25, -0.2) is 4.39 Å². The molecule has 2 N–H and O–H groups in total. The lowest BCUT2D eigenvalue weighted by Crippen LogP contribution is -2.35. The minimum Gasteiger partial charge on any atom is -0.349 e. The van der Waals surface area contributed by atoms with Crippen molar-refractivity contribution in [2.45, 2.75) is 19.4 Å². The smallest absolute Gasteiger partial charge is 0.251 e. The number of amides is 2. The van der Waals surface area contributed by atoms with E-state index >= 15 is 0 Å². The van der Waals surface area contributed by atoms with Gasteiger partial charge in [0.1, 0.15) is 5.82 Å². The number of carbonyl (C=O) groups is 2. The number of benzene rings is 2. The van der Waals surface area contributed by atoms with Crippen molar-refractivity contribution < 1.29 is 14.0 Å². The zero-order chi connectivity index (χ0) is 16.8. The van der Waals surface area contributed by atoms with E-state index in [0.29, 0.717) is 11.3 Å². The van der Waals surface area contributed by atoms with Crippen LogP contribution in [0.4, 0.5) is 10.1 Å². The predicted molar refractivity (Wildman–Crippen MR) is 88.0 cm³/mol. The Hall–Kier alpha value is -2.40. The molecule has 4 nitrogen and oxygen atoms in total. The minimum atomic E-state index is -0.548. The van der Waals surface area contributed by atoms with Crippen molar-refractivity contribution in [3.8, 4) is 0 Å². The normalized spacial score (nSPS) is 11.6. The highest BCUT2D eigenvalue weighted by atomic mass is 35.5. The van der Waals surface area contributed by atoms with Crippen molar-refractivity contribution in [3.63, 3.8) is 0 Å². The molecule has 0 saturated carbocycles. The van der Waals surface area contributed by atoms with Gasteiger partial charge in [0.15, 0.2) is 0 Å². The first-order chi connectivity index (χ1) is 11.0. The molecule has 0 bridgehead atoms. The summed E-state index contributed by atoms with van der Waals surface area (Å²) in [7, 11) is 0. The van der Waals surface area contributed by atoms with Crippen molar-refractivity contribution in [3.05, 3.63) is 64.9 Å². The van der Waals surface area contributed by atoms with E-state index in [2.05, 4.69) is 10.6 Å². The molecule has 0 aliphatic rings. The summed E-state index contributed by atoms with van der Waals surface area (Å²) in [5.41, 5.74) is 0.938. The molecule has 0 saturated heterocycles. The van der Waals surface area contributed by atoms with Gasteiger partial charge in [-0.1, -0.05) is 29.8 Å². The van der Waals surface area contributed by atoms with Gasteiger partial charge in [0.05, 0.1) is 5.02 Å². The third-order valence-corrected chi connectivity index (χ3v) is 3.40. The van der Waals surface area contributed by atoms with Crippen LogP contribution in [0.15, 0.2) is 48.5 Å². The van der Waals surface area contributed by atoms with E-state index in [4.69, 9.17) is 11.6 Å². The van der Waals surface area contributed by atoms with Gasteiger partial charge in [-0.2, -0.15) is 0 Å². The average Bonchev–Trinajstić information content (AvgIpc) is 2.51. The Kier molecular flexibility index (Phi) is 5.71. The van der Waals surface area contributed by atoms with Gasteiger partial charge in [0, 0.05) is 23.7 Å². The van der Waals surface area contributed by atoms with Crippen LogP contribution in [0.25, 0.3) is 0 Å². The molecular weight excluding hydrogens is 319 g/mol. The third kappa shape index (κ3) is 5.07. The first-order valence-corrected chi connectivity index (χ1v) is 7.44. The molecule has 120 valence electrons. The van der Waals surface area contributed by atoms with Crippen molar-refractivity contribution >= 4 is 29.1 Å². The molecule has 2 amide bonds. The van der Waals surface area contributed by atoms with Crippen molar-refractivity contribution in [2.75, 3.05) is 5.32 Å². The van der Waals surface area contributed by atoms with E-state index in [1.54, 1.807) is 31.2 Å². The maximum atomic E-state index is 13.1. The quantitative estimate of drug-likeness (QED) is 0.877. The van der Waals surface area contributed by atoms with Crippen LogP contribution in [-0.4, -0.2) is 17.9 Å². The summed E-state index contributed by atoms with van der Waals surface area (Å²) in [6.07, 6.45) is 0.0908. The molecule has 0 heterocycles. The van der Waals surface area contributed by atoms with Crippen LogP contribution in [0, 0.1) is 5.82 Å². The van der Waals surface area contributed by atoms with E-state index in [1.165, 1.54) is 18.2 Å². The topological polar surface area (TPSA) is 58.2 Å². The van der Waals surface area contributed by atoms with Crippen molar-refractivity contribution in [1.82, 2.24) is 5.32 Å². The van der Waals surface area contributed by atoms with Crippen molar-refractivity contribution in [1.29, 1.82) is 0 Å². The summed E-state index contributed by atoms with van der Waals surface area (Å²) in [5.74, 6) is -1.09. The molecule has 6 heteroatoms. The third-order valence-electron chi connectivity index (χ3n) is 3.11. The second-order valence-corrected chi connectivity index (χ2v) is 5.53. The molecule has 2 aromatic rings. The highest BCUT2D eigenvalue weighted by Crippen LogP contribution is 2.19. The second kappa shape index (κ2) is 7.74. The second-order valence-electron chi connectivity index (χ2n) is 5.12. The van der Waals surface area contributed by atoms with Crippen LogP contribution in [0.3, 0.4) is 0 Å². The molecule has 0 spiro atoms. The molecule has 0 aromatic heterocycles. The van der Waals surface area contributed by atoms with E-state index in [0.717, 1.165) is 0 Å². The summed E-state index contributed by atoms with van der Waals surface area (Å²) in [6.45, 7) is 1.73. The molecule has 0 aliphatic carbocycles. The summed E-state index contributed by atoms with van der Waals surface area (Å²) in [6, 6.07) is 12.3. The number of carbonyl (C=O) groups excluding carboxylic acids is 2. The fourth-order valence-corrected chi connectivity index (χ4v) is 2.19. The summed E-state index contributed by atoms with van der Waals surface area (Å²) < 4.78 is 13.1.